The number of nitrogens with zero attached hydrogens (tertiary/aromatic N) is 2. The van der Waals surface area contributed by atoms with Crippen LogP contribution in [0.5, 0.6) is 0 Å². The first kappa shape index (κ1) is 10.6. The van der Waals surface area contributed by atoms with E-state index in [1.54, 1.807) is 0 Å². The van der Waals surface area contributed by atoms with Gasteiger partial charge in [0, 0.05) is 25.1 Å². The normalized spacial score (nSPS) is 13.9. The fraction of sp³-hybridized carbons (Fsp3) is 0.333. The summed E-state index contributed by atoms with van der Waals surface area (Å²) in [5.74, 6) is 0. The molecule has 0 saturated carbocycles. The molecule has 14 heavy (non-hydrogen) atoms. The van der Waals surface area contributed by atoms with Crippen molar-refractivity contribution in [2.24, 2.45) is 0 Å². The van der Waals surface area contributed by atoms with Crippen LogP contribution in [0.15, 0.2) is 42.7 Å². The Morgan fingerprint density at radius 2 is 1.64 bits per heavy atom. The highest BCUT2D eigenvalue weighted by atomic mass is 15.3. The highest BCUT2D eigenvalue weighted by Gasteiger charge is 2.08. The number of anilines is 1. The molecule has 0 fully saturated rings. The summed E-state index contributed by atoms with van der Waals surface area (Å²) in [6.45, 7) is 4.95. The van der Waals surface area contributed by atoms with Crippen LogP contribution < -0.4 is 4.90 Å². The lowest BCUT2D eigenvalue weighted by Gasteiger charge is -2.17. The van der Waals surface area contributed by atoms with Crippen LogP contribution >= 0.6 is 0 Å². The van der Waals surface area contributed by atoms with E-state index >= 15 is 0 Å². The largest absolute Gasteiger partial charge is 0.361 e. The SMILES string of the molecule is CC.CN1C=CN(c2ccccc2)C1. The Kier molecular flexibility index (Phi) is 4.05. The predicted molar refractivity (Wildman–Crippen MR) is 62.0 cm³/mol. The Labute approximate surface area is 86.5 Å². The van der Waals surface area contributed by atoms with Crippen molar-refractivity contribution < 1.29 is 0 Å². The molecular weight excluding hydrogens is 172 g/mol. The van der Waals surface area contributed by atoms with Gasteiger partial charge in [-0.3, -0.25) is 0 Å². The van der Waals surface area contributed by atoms with Crippen LogP contribution in [0.25, 0.3) is 0 Å². The molecule has 0 spiro atoms. The minimum absolute atomic E-state index is 0.948. The third-order valence-electron chi connectivity index (χ3n) is 1.96. The standard InChI is InChI=1S/C10H12N2.C2H6/c1-11-7-8-12(9-11)10-5-3-2-4-6-10;1-2/h2-8H,9H2,1H3;1-2H3. The lowest BCUT2D eigenvalue weighted by molar-refractivity contribution is 0.496. The van der Waals surface area contributed by atoms with Crippen molar-refractivity contribution in [2.45, 2.75) is 13.8 Å². The third-order valence-corrected chi connectivity index (χ3v) is 1.96. The molecule has 0 unspecified atom stereocenters. The topological polar surface area (TPSA) is 6.48 Å². The summed E-state index contributed by atoms with van der Waals surface area (Å²) in [6, 6.07) is 10.4. The lowest BCUT2D eigenvalue weighted by Crippen LogP contribution is -2.21. The Bertz CT molecular complexity index is 280. The van der Waals surface area contributed by atoms with Crippen molar-refractivity contribution in [1.82, 2.24) is 4.90 Å². The number of hydrogen-bond donors (Lipinski definition) is 0. The smallest absolute Gasteiger partial charge is 0.0938 e. The van der Waals surface area contributed by atoms with Gasteiger partial charge in [-0.25, -0.2) is 0 Å². The molecule has 0 N–H and O–H groups in total. The van der Waals surface area contributed by atoms with Gasteiger partial charge >= 0.3 is 0 Å². The van der Waals surface area contributed by atoms with E-state index in [-0.39, 0.29) is 0 Å². The second-order valence-electron chi connectivity index (χ2n) is 3.00. The fourth-order valence-electron chi connectivity index (χ4n) is 1.32. The van der Waals surface area contributed by atoms with Crippen molar-refractivity contribution in [3.63, 3.8) is 0 Å². The second-order valence-corrected chi connectivity index (χ2v) is 3.00. The molecule has 2 nitrogen and oxygen atoms in total. The summed E-state index contributed by atoms with van der Waals surface area (Å²) < 4.78 is 0. The van der Waals surface area contributed by atoms with Gasteiger partial charge in [0.2, 0.25) is 0 Å². The summed E-state index contributed by atoms with van der Waals surface area (Å²) in [6.07, 6.45) is 4.17. The predicted octanol–water partition coefficient (Wildman–Crippen LogP) is 2.89. The van der Waals surface area contributed by atoms with Gasteiger partial charge in [-0.1, -0.05) is 32.0 Å². The molecule has 2 rings (SSSR count). The van der Waals surface area contributed by atoms with Crippen molar-refractivity contribution in [2.75, 3.05) is 18.6 Å². The summed E-state index contributed by atoms with van der Waals surface area (Å²) in [5, 5.41) is 0. The Balaban J connectivity index is 0.000000461. The minimum Gasteiger partial charge on any atom is -0.361 e. The molecule has 0 atom stereocenters. The van der Waals surface area contributed by atoms with Gasteiger partial charge in [-0.2, -0.15) is 0 Å². The van der Waals surface area contributed by atoms with Gasteiger partial charge < -0.3 is 9.80 Å². The summed E-state index contributed by atoms with van der Waals surface area (Å²) in [4.78, 5) is 4.35. The van der Waals surface area contributed by atoms with Gasteiger partial charge in [0.15, 0.2) is 0 Å². The molecular formula is C12H18N2. The lowest BCUT2D eigenvalue weighted by atomic mass is 10.3. The molecule has 1 aliphatic rings. The monoisotopic (exact) mass is 190 g/mol. The van der Waals surface area contributed by atoms with Crippen molar-refractivity contribution in [3.8, 4) is 0 Å². The van der Waals surface area contributed by atoms with E-state index in [0.29, 0.717) is 0 Å². The van der Waals surface area contributed by atoms with Gasteiger partial charge in [0.25, 0.3) is 0 Å². The number of rotatable bonds is 1. The highest BCUT2D eigenvalue weighted by Crippen LogP contribution is 2.16. The molecule has 1 aromatic rings. The first-order valence-corrected chi connectivity index (χ1v) is 5.06. The van der Waals surface area contributed by atoms with Crippen molar-refractivity contribution >= 4 is 5.69 Å². The zero-order valence-electron chi connectivity index (χ0n) is 9.14. The maximum Gasteiger partial charge on any atom is 0.0938 e. The quantitative estimate of drug-likeness (QED) is 0.672. The Morgan fingerprint density at radius 1 is 1.00 bits per heavy atom. The molecule has 0 amide bonds. The molecule has 0 saturated heterocycles. The number of para-hydroxylation sites is 1. The van der Waals surface area contributed by atoms with Crippen LogP contribution in [-0.2, 0) is 0 Å². The van der Waals surface area contributed by atoms with E-state index in [1.807, 2.05) is 19.9 Å². The molecule has 0 bridgehead atoms. The van der Waals surface area contributed by atoms with E-state index in [4.69, 9.17) is 0 Å². The molecule has 0 aliphatic carbocycles. The van der Waals surface area contributed by atoms with Crippen LogP contribution in [0.4, 0.5) is 5.69 Å². The van der Waals surface area contributed by atoms with Crippen LogP contribution in [0.2, 0.25) is 0 Å². The average molecular weight is 190 g/mol. The zero-order chi connectivity index (χ0) is 10.4. The van der Waals surface area contributed by atoms with Gasteiger partial charge in [-0.15, -0.1) is 0 Å². The van der Waals surface area contributed by atoms with Gasteiger partial charge in [0.1, 0.15) is 0 Å². The molecule has 2 heteroatoms. The Morgan fingerprint density at radius 3 is 2.14 bits per heavy atom. The molecule has 76 valence electrons. The minimum atomic E-state index is 0.948. The van der Waals surface area contributed by atoms with Gasteiger partial charge in [0.05, 0.1) is 6.67 Å². The fourth-order valence-corrected chi connectivity index (χ4v) is 1.32. The van der Waals surface area contributed by atoms with Crippen LogP contribution in [0, 0.1) is 0 Å². The van der Waals surface area contributed by atoms with Crippen LogP contribution in [0.3, 0.4) is 0 Å². The molecule has 1 aromatic carbocycles. The van der Waals surface area contributed by atoms with E-state index in [0.717, 1.165) is 6.67 Å². The van der Waals surface area contributed by atoms with E-state index in [1.165, 1.54) is 5.69 Å². The van der Waals surface area contributed by atoms with Crippen molar-refractivity contribution in [3.05, 3.63) is 42.7 Å². The summed E-state index contributed by atoms with van der Waals surface area (Å²) in [7, 11) is 2.07. The summed E-state index contributed by atoms with van der Waals surface area (Å²) >= 11 is 0. The first-order valence-electron chi connectivity index (χ1n) is 5.06. The van der Waals surface area contributed by atoms with Crippen LogP contribution in [0.1, 0.15) is 13.8 Å². The molecule has 1 aliphatic heterocycles. The Hall–Kier alpha value is -1.44. The van der Waals surface area contributed by atoms with Crippen LogP contribution in [-0.4, -0.2) is 18.6 Å². The number of hydrogen-bond acceptors (Lipinski definition) is 2. The maximum absolute atomic E-state index is 2.21. The highest BCUT2D eigenvalue weighted by molar-refractivity contribution is 5.49. The van der Waals surface area contributed by atoms with E-state index in [2.05, 4.69) is 53.5 Å². The molecule has 0 aromatic heterocycles. The summed E-state index contributed by atoms with van der Waals surface area (Å²) in [5.41, 5.74) is 1.25. The molecule has 0 radical (unpaired) electrons. The van der Waals surface area contributed by atoms with Gasteiger partial charge in [-0.05, 0) is 12.1 Å². The number of benzene rings is 1. The van der Waals surface area contributed by atoms with Crippen molar-refractivity contribution in [1.29, 1.82) is 0 Å². The average Bonchev–Trinajstić information content (AvgIpc) is 2.69. The maximum atomic E-state index is 2.21. The zero-order valence-corrected chi connectivity index (χ0v) is 9.14. The first-order chi connectivity index (χ1) is 6.86. The molecule has 1 heterocycles. The second kappa shape index (κ2) is 5.32. The third kappa shape index (κ3) is 2.52. The van der Waals surface area contributed by atoms with E-state index < -0.39 is 0 Å². The van der Waals surface area contributed by atoms with E-state index in [9.17, 15) is 0 Å².